The van der Waals surface area contributed by atoms with Crippen molar-refractivity contribution in [3.8, 4) is 0 Å². The molecule has 0 atom stereocenters. The molecule has 0 aliphatic rings. The van der Waals surface area contributed by atoms with Crippen molar-refractivity contribution in [3.05, 3.63) is 53.8 Å². The molecular weight excluding hydrogens is 203 g/mol. The standard InChI is InChI=1S/C13H13FN2/c1-9-5-7-10(8-6-9)16-12-4-2-3-11(14)13(12)15/h2-8,16H,15H2,1H3. The van der Waals surface area contributed by atoms with E-state index in [4.69, 9.17) is 5.73 Å². The van der Waals surface area contributed by atoms with Gasteiger partial charge in [0.2, 0.25) is 0 Å². The molecule has 2 nitrogen and oxygen atoms in total. The van der Waals surface area contributed by atoms with Crippen LogP contribution in [-0.4, -0.2) is 0 Å². The molecule has 0 spiro atoms. The van der Waals surface area contributed by atoms with Gasteiger partial charge in [-0.1, -0.05) is 23.8 Å². The molecule has 2 aromatic rings. The second-order valence-electron chi connectivity index (χ2n) is 3.69. The summed E-state index contributed by atoms with van der Waals surface area (Å²) >= 11 is 0. The minimum Gasteiger partial charge on any atom is -0.395 e. The molecule has 0 radical (unpaired) electrons. The molecule has 0 bridgehead atoms. The lowest BCUT2D eigenvalue weighted by Crippen LogP contribution is -1.98. The third-order valence-corrected chi connectivity index (χ3v) is 2.38. The van der Waals surface area contributed by atoms with Gasteiger partial charge >= 0.3 is 0 Å². The van der Waals surface area contributed by atoms with Crippen LogP contribution in [0.1, 0.15) is 5.56 Å². The van der Waals surface area contributed by atoms with Gasteiger partial charge in [-0.05, 0) is 31.2 Å². The summed E-state index contributed by atoms with van der Waals surface area (Å²) in [5, 5.41) is 3.08. The third kappa shape index (κ3) is 2.14. The van der Waals surface area contributed by atoms with E-state index in [0.717, 1.165) is 5.69 Å². The van der Waals surface area contributed by atoms with E-state index in [2.05, 4.69) is 5.32 Å². The van der Waals surface area contributed by atoms with Gasteiger partial charge in [0.1, 0.15) is 5.82 Å². The van der Waals surface area contributed by atoms with Gasteiger partial charge in [-0.15, -0.1) is 0 Å². The van der Waals surface area contributed by atoms with Crippen LogP contribution in [0.3, 0.4) is 0 Å². The summed E-state index contributed by atoms with van der Waals surface area (Å²) in [6, 6.07) is 12.5. The molecule has 3 heteroatoms. The van der Waals surface area contributed by atoms with Crippen LogP contribution in [0.15, 0.2) is 42.5 Å². The number of hydrogen-bond donors (Lipinski definition) is 2. The number of benzene rings is 2. The van der Waals surface area contributed by atoms with E-state index in [9.17, 15) is 4.39 Å². The Hall–Kier alpha value is -2.03. The first-order chi connectivity index (χ1) is 7.66. The highest BCUT2D eigenvalue weighted by Crippen LogP contribution is 2.25. The maximum atomic E-state index is 13.2. The number of nitrogens with one attached hydrogen (secondary N) is 1. The number of halogens is 1. The Morgan fingerprint density at radius 3 is 2.44 bits per heavy atom. The van der Waals surface area contributed by atoms with Crippen molar-refractivity contribution in [1.82, 2.24) is 0 Å². The number of rotatable bonds is 2. The monoisotopic (exact) mass is 216 g/mol. The average Bonchev–Trinajstić information content (AvgIpc) is 2.28. The van der Waals surface area contributed by atoms with Crippen molar-refractivity contribution in [3.63, 3.8) is 0 Å². The first-order valence-corrected chi connectivity index (χ1v) is 5.04. The molecule has 2 aromatic carbocycles. The minimum atomic E-state index is -0.405. The number of anilines is 3. The number of aryl methyl sites for hydroxylation is 1. The fourth-order valence-electron chi connectivity index (χ4n) is 1.44. The lowest BCUT2D eigenvalue weighted by molar-refractivity contribution is 0.633. The van der Waals surface area contributed by atoms with Crippen LogP contribution < -0.4 is 11.1 Å². The Morgan fingerprint density at radius 2 is 1.75 bits per heavy atom. The fraction of sp³-hybridized carbons (Fsp3) is 0.0769. The van der Waals surface area contributed by atoms with Crippen LogP contribution in [-0.2, 0) is 0 Å². The molecule has 0 aliphatic heterocycles. The van der Waals surface area contributed by atoms with E-state index >= 15 is 0 Å². The van der Waals surface area contributed by atoms with E-state index in [1.165, 1.54) is 11.6 Å². The largest absolute Gasteiger partial charge is 0.395 e. The summed E-state index contributed by atoms with van der Waals surface area (Å²) in [4.78, 5) is 0. The number of para-hydroxylation sites is 1. The van der Waals surface area contributed by atoms with Crippen molar-refractivity contribution in [2.45, 2.75) is 6.92 Å². The summed E-state index contributed by atoms with van der Waals surface area (Å²) in [5.74, 6) is -0.405. The second kappa shape index (κ2) is 4.23. The average molecular weight is 216 g/mol. The molecule has 0 aromatic heterocycles. The van der Waals surface area contributed by atoms with Crippen molar-refractivity contribution in [1.29, 1.82) is 0 Å². The molecule has 0 aliphatic carbocycles. The summed E-state index contributed by atoms with van der Waals surface area (Å²) in [5.41, 5.74) is 8.42. The lowest BCUT2D eigenvalue weighted by Gasteiger charge is -2.09. The van der Waals surface area contributed by atoms with Gasteiger partial charge in [0.15, 0.2) is 0 Å². The molecule has 0 saturated carbocycles. The van der Waals surface area contributed by atoms with Crippen LogP contribution in [0.5, 0.6) is 0 Å². The lowest BCUT2D eigenvalue weighted by atomic mass is 10.2. The highest BCUT2D eigenvalue weighted by Gasteiger charge is 2.03. The highest BCUT2D eigenvalue weighted by atomic mass is 19.1. The molecular formula is C13H13FN2. The van der Waals surface area contributed by atoms with Gasteiger partial charge in [-0.2, -0.15) is 0 Å². The summed E-state index contributed by atoms with van der Waals surface area (Å²) in [6.07, 6.45) is 0. The van der Waals surface area contributed by atoms with Crippen LogP contribution in [0.25, 0.3) is 0 Å². The van der Waals surface area contributed by atoms with Crippen molar-refractivity contribution < 1.29 is 4.39 Å². The van der Waals surface area contributed by atoms with E-state index in [-0.39, 0.29) is 5.69 Å². The van der Waals surface area contributed by atoms with Gasteiger partial charge in [-0.3, -0.25) is 0 Å². The van der Waals surface area contributed by atoms with Crippen LogP contribution in [0.2, 0.25) is 0 Å². The van der Waals surface area contributed by atoms with Gasteiger partial charge in [0.05, 0.1) is 11.4 Å². The van der Waals surface area contributed by atoms with Crippen LogP contribution in [0, 0.1) is 12.7 Å². The second-order valence-corrected chi connectivity index (χ2v) is 3.69. The van der Waals surface area contributed by atoms with Crippen molar-refractivity contribution in [2.24, 2.45) is 0 Å². The van der Waals surface area contributed by atoms with E-state index in [0.29, 0.717) is 5.69 Å². The van der Waals surface area contributed by atoms with E-state index in [1.54, 1.807) is 12.1 Å². The summed E-state index contributed by atoms with van der Waals surface area (Å²) in [6.45, 7) is 2.01. The molecule has 0 heterocycles. The summed E-state index contributed by atoms with van der Waals surface area (Å²) < 4.78 is 13.2. The molecule has 0 unspecified atom stereocenters. The molecule has 16 heavy (non-hydrogen) atoms. The maximum absolute atomic E-state index is 13.2. The first-order valence-electron chi connectivity index (χ1n) is 5.04. The highest BCUT2D eigenvalue weighted by molar-refractivity contribution is 5.72. The topological polar surface area (TPSA) is 38.0 Å². The Labute approximate surface area is 93.9 Å². The SMILES string of the molecule is Cc1ccc(Nc2cccc(F)c2N)cc1. The smallest absolute Gasteiger partial charge is 0.148 e. The Bertz CT molecular complexity index is 492. The molecule has 3 N–H and O–H groups in total. The van der Waals surface area contributed by atoms with Crippen molar-refractivity contribution >= 4 is 17.1 Å². The van der Waals surface area contributed by atoms with Gasteiger partial charge < -0.3 is 11.1 Å². The minimum absolute atomic E-state index is 0.142. The zero-order valence-corrected chi connectivity index (χ0v) is 9.00. The summed E-state index contributed by atoms with van der Waals surface area (Å²) in [7, 11) is 0. The Morgan fingerprint density at radius 1 is 1.06 bits per heavy atom. The van der Waals surface area contributed by atoms with Gasteiger partial charge in [-0.25, -0.2) is 4.39 Å². The molecule has 0 fully saturated rings. The molecule has 2 rings (SSSR count). The first kappa shape index (κ1) is 10.5. The number of nitrogen functional groups attached to an aromatic ring is 1. The maximum Gasteiger partial charge on any atom is 0.148 e. The zero-order valence-electron chi connectivity index (χ0n) is 9.00. The molecule has 0 saturated heterocycles. The Balaban J connectivity index is 2.27. The Kier molecular flexibility index (Phi) is 2.77. The predicted octanol–water partition coefficient (Wildman–Crippen LogP) is 3.46. The van der Waals surface area contributed by atoms with E-state index in [1.807, 2.05) is 31.2 Å². The molecule has 0 amide bonds. The predicted molar refractivity (Wildman–Crippen MR) is 65.3 cm³/mol. The van der Waals surface area contributed by atoms with Gasteiger partial charge in [0, 0.05) is 5.69 Å². The number of nitrogens with two attached hydrogens (primary N) is 1. The molecule has 82 valence electrons. The number of hydrogen-bond acceptors (Lipinski definition) is 2. The quantitative estimate of drug-likeness (QED) is 0.754. The van der Waals surface area contributed by atoms with Crippen LogP contribution >= 0.6 is 0 Å². The third-order valence-electron chi connectivity index (χ3n) is 2.38. The normalized spacial score (nSPS) is 10.1. The van der Waals surface area contributed by atoms with Crippen molar-refractivity contribution in [2.75, 3.05) is 11.1 Å². The fourth-order valence-corrected chi connectivity index (χ4v) is 1.44. The zero-order chi connectivity index (χ0) is 11.5. The van der Waals surface area contributed by atoms with E-state index < -0.39 is 5.82 Å². The van der Waals surface area contributed by atoms with Crippen LogP contribution in [0.4, 0.5) is 21.5 Å². The van der Waals surface area contributed by atoms with Gasteiger partial charge in [0.25, 0.3) is 0 Å².